The lowest BCUT2D eigenvalue weighted by atomic mass is 9.52. The van der Waals surface area contributed by atoms with Crippen molar-refractivity contribution in [2.45, 2.75) is 107 Å². The molecule has 4 saturated carbocycles. The van der Waals surface area contributed by atoms with Crippen LogP contribution >= 0.6 is 11.6 Å². The molecule has 1 aromatic carbocycles. The first-order chi connectivity index (χ1) is 17.5. The quantitative estimate of drug-likeness (QED) is 0.461. The third-order valence-corrected chi connectivity index (χ3v) is 9.29. The van der Waals surface area contributed by atoms with Gasteiger partial charge in [-0.05, 0) is 75.0 Å². The summed E-state index contributed by atoms with van der Waals surface area (Å²) in [7, 11) is 0. The molecule has 10 heteroatoms. The minimum Gasteiger partial charge on any atom is -0.482 e. The van der Waals surface area contributed by atoms with Gasteiger partial charge in [0.15, 0.2) is 11.9 Å². The van der Waals surface area contributed by atoms with E-state index in [2.05, 4.69) is 10.2 Å². The van der Waals surface area contributed by atoms with Gasteiger partial charge in [0.05, 0.1) is 12.2 Å². The summed E-state index contributed by atoms with van der Waals surface area (Å²) in [6.07, 6.45) is 1.82. The first-order valence-corrected chi connectivity index (χ1v) is 13.5. The predicted molar refractivity (Wildman–Crippen MR) is 129 cm³/mol. The second-order valence-corrected chi connectivity index (χ2v) is 12.1. The lowest BCUT2D eigenvalue weighted by Gasteiger charge is -2.52. The number of carbonyl (C=O) groups is 1. The Morgan fingerprint density at radius 1 is 1.16 bits per heavy atom. The number of alkyl halides is 2. The van der Waals surface area contributed by atoms with E-state index in [1.807, 2.05) is 0 Å². The highest BCUT2D eigenvalue weighted by Gasteiger charge is 2.53. The van der Waals surface area contributed by atoms with Crippen LogP contribution in [0.5, 0.6) is 5.75 Å². The van der Waals surface area contributed by atoms with Gasteiger partial charge in [-0.25, -0.2) is 0 Å². The number of aliphatic hydroxyl groups is 1. The Morgan fingerprint density at radius 3 is 2.54 bits per heavy atom. The number of ketones is 1. The first-order valence-electron chi connectivity index (χ1n) is 13.1. The fraction of sp³-hybridized carbons (Fsp3) is 0.667. The van der Waals surface area contributed by atoms with Crippen LogP contribution in [0.2, 0.25) is 5.02 Å². The highest BCUT2D eigenvalue weighted by Crippen LogP contribution is 2.59. The van der Waals surface area contributed by atoms with Crippen LogP contribution in [0, 0.1) is 5.41 Å². The van der Waals surface area contributed by atoms with Gasteiger partial charge in [0.2, 0.25) is 11.8 Å². The van der Waals surface area contributed by atoms with Gasteiger partial charge >= 0.3 is 6.11 Å². The molecule has 4 fully saturated rings. The summed E-state index contributed by atoms with van der Waals surface area (Å²) >= 11 is 6.04. The average Bonchev–Trinajstić information content (AvgIpc) is 3.32. The van der Waals surface area contributed by atoms with E-state index in [1.54, 1.807) is 18.2 Å². The van der Waals surface area contributed by atoms with E-state index in [4.69, 9.17) is 25.5 Å². The minimum atomic E-state index is -3.13. The van der Waals surface area contributed by atoms with Crippen molar-refractivity contribution in [1.29, 1.82) is 0 Å². The van der Waals surface area contributed by atoms with Gasteiger partial charge in [0.1, 0.15) is 5.75 Å². The number of carbonyl (C=O) groups excluding carboxylic acids is 1. The number of benzene rings is 1. The van der Waals surface area contributed by atoms with E-state index < -0.39 is 24.4 Å². The number of hydrogen-bond donors (Lipinski definition) is 1. The number of Topliss-reactive ketones (excluding diaryl/α,β-unsaturated/α-hetero) is 1. The Kier molecular flexibility index (Phi) is 6.12. The number of rotatable bonds is 7. The van der Waals surface area contributed by atoms with Crippen LogP contribution in [0.4, 0.5) is 8.78 Å². The van der Waals surface area contributed by atoms with E-state index in [-0.39, 0.29) is 29.0 Å². The molecular weight excluding hydrogens is 506 g/mol. The van der Waals surface area contributed by atoms with Crippen LogP contribution in [0.1, 0.15) is 100 Å². The van der Waals surface area contributed by atoms with Gasteiger partial charge in [-0.15, -0.1) is 10.2 Å². The van der Waals surface area contributed by atoms with Crippen LogP contribution in [0.25, 0.3) is 0 Å². The number of hydrogen-bond acceptors (Lipinski definition) is 7. The molecule has 2 atom stereocenters. The van der Waals surface area contributed by atoms with Crippen LogP contribution < -0.4 is 4.74 Å². The molecule has 1 aliphatic heterocycles. The summed E-state index contributed by atoms with van der Waals surface area (Å²) in [6, 6.07) is 5.10. The zero-order valence-electron chi connectivity index (χ0n) is 20.7. The average molecular weight is 537 g/mol. The summed E-state index contributed by atoms with van der Waals surface area (Å²) in [6.45, 7) is 0.755. The normalized spacial score (nSPS) is 34.9. The monoisotopic (exact) mass is 536 g/mol. The molecule has 4 aliphatic carbocycles. The molecule has 5 aliphatic rings. The number of nitrogens with zero attached hydrogens (tertiary/aromatic N) is 2. The van der Waals surface area contributed by atoms with Crippen molar-refractivity contribution in [3.63, 3.8) is 0 Å². The Balaban J connectivity index is 1.06. The molecule has 7 rings (SSSR count). The molecule has 0 saturated heterocycles. The molecule has 37 heavy (non-hydrogen) atoms. The maximum absolute atomic E-state index is 13.3. The number of halogens is 3. The molecule has 1 aromatic heterocycles. The molecule has 7 nitrogen and oxygen atoms in total. The number of fused-ring (bicyclic) bond motifs is 4. The zero-order chi connectivity index (χ0) is 26.0. The van der Waals surface area contributed by atoms with E-state index >= 15 is 0 Å². The SMILES string of the molecule is CC(F)(F)OC1CC(c2nnc(C34CCC(CC(=O)[C@@H]5C[C@H](O)c6cc(Cl)ccc6O5)(CC3)CC4)o2)C1. The van der Waals surface area contributed by atoms with Gasteiger partial charge in [0.25, 0.3) is 0 Å². The molecule has 200 valence electrons. The number of aromatic nitrogens is 2. The van der Waals surface area contributed by atoms with E-state index in [9.17, 15) is 18.7 Å². The maximum Gasteiger partial charge on any atom is 0.353 e. The molecule has 0 radical (unpaired) electrons. The summed E-state index contributed by atoms with van der Waals surface area (Å²) in [4.78, 5) is 13.3. The van der Waals surface area contributed by atoms with E-state index in [0.29, 0.717) is 47.4 Å². The van der Waals surface area contributed by atoms with E-state index in [0.717, 1.165) is 45.4 Å². The minimum absolute atomic E-state index is 0.0357. The molecule has 2 aromatic rings. The predicted octanol–water partition coefficient (Wildman–Crippen LogP) is 6.03. The lowest BCUT2D eigenvalue weighted by molar-refractivity contribution is -0.265. The summed E-state index contributed by atoms with van der Waals surface area (Å²) in [5.41, 5.74) is 0.379. The summed E-state index contributed by atoms with van der Waals surface area (Å²) < 4.78 is 42.9. The van der Waals surface area contributed by atoms with Gasteiger partial charge in [-0.3, -0.25) is 4.79 Å². The molecule has 2 heterocycles. The van der Waals surface area contributed by atoms with Gasteiger partial charge in [-0.2, -0.15) is 8.78 Å². The smallest absolute Gasteiger partial charge is 0.353 e. The molecule has 0 unspecified atom stereocenters. The fourth-order valence-electron chi connectivity index (χ4n) is 6.72. The summed E-state index contributed by atoms with van der Waals surface area (Å²) in [5, 5.41) is 19.7. The van der Waals surface area contributed by atoms with Gasteiger partial charge in [0, 0.05) is 41.7 Å². The zero-order valence-corrected chi connectivity index (χ0v) is 21.5. The second kappa shape index (κ2) is 8.99. The standard InChI is InChI=1S/C27H31ClF2N2O5/c1-25(29,30)37-17-10-15(11-17)23-31-32-24(36-23)27-7-4-26(5-8-27,6-9-27)14-20(34)22-13-19(33)18-12-16(28)2-3-21(18)35-22/h2-3,12,15,17,19,22,33H,4-11,13-14H2,1H3/t15?,17?,19-,22-,26?,27?/m0/s1. The first kappa shape index (κ1) is 25.2. The van der Waals surface area contributed by atoms with Crippen LogP contribution in [0.15, 0.2) is 22.6 Å². The Bertz CT molecular complexity index is 1170. The van der Waals surface area contributed by atoms with Crippen molar-refractivity contribution in [1.82, 2.24) is 10.2 Å². The van der Waals surface area contributed by atoms with Crippen molar-refractivity contribution in [3.05, 3.63) is 40.6 Å². The highest BCUT2D eigenvalue weighted by molar-refractivity contribution is 6.30. The molecule has 1 N–H and O–H groups in total. The third kappa shape index (κ3) is 4.79. The Labute approximate surface area is 218 Å². The third-order valence-electron chi connectivity index (χ3n) is 9.06. The Morgan fingerprint density at radius 2 is 1.86 bits per heavy atom. The lowest BCUT2D eigenvalue weighted by Crippen LogP contribution is -2.46. The van der Waals surface area contributed by atoms with Crippen molar-refractivity contribution >= 4 is 17.4 Å². The molecule has 0 amide bonds. The fourth-order valence-corrected chi connectivity index (χ4v) is 6.90. The highest BCUT2D eigenvalue weighted by atomic mass is 35.5. The van der Waals surface area contributed by atoms with Crippen molar-refractivity contribution in [3.8, 4) is 5.75 Å². The topological polar surface area (TPSA) is 94.7 Å². The number of aliphatic hydroxyl groups excluding tert-OH is 1. The molecule has 0 spiro atoms. The second-order valence-electron chi connectivity index (χ2n) is 11.6. The van der Waals surface area contributed by atoms with Crippen LogP contribution in [-0.2, 0) is 14.9 Å². The van der Waals surface area contributed by atoms with Crippen LogP contribution in [0.3, 0.4) is 0 Å². The van der Waals surface area contributed by atoms with Crippen molar-refractivity contribution in [2.24, 2.45) is 5.41 Å². The summed E-state index contributed by atoms with van der Waals surface area (Å²) in [5.74, 6) is 1.66. The Hall–Kier alpha value is -2.10. The van der Waals surface area contributed by atoms with E-state index in [1.165, 1.54) is 0 Å². The molecular formula is C27H31ClF2N2O5. The van der Waals surface area contributed by atoms with Gasteiger partial charge in [-0.1, -0.05) is 11.6 Å². The number of ether oxygens (including phenoxy) is 2. The largest absolute Gasteiger partial charge is 0.482 e. The van der Waals surface area contributed by atoms with Crippen molar-refractivity contribution in [2.75, 3.05) is 0 Å². The maximum atomic E-state index is 13.3. The van der Waals surface area contributed by atoms with Crippen LogP contribution in [-0.4, -0.2) is 39.4 Å². The van der Waals surface area contributed by atoms with Gasteiger partial charge < -0.3 is 19.0 Å². The molecule has 2 bridgehead atoms. The van der Waals surface area contributed by atoms with Crippen molar-refractivity contribution < 1.29 is 32.6 Å².